The summed E-state index contributed by atoms with van der Waals surface area (Å²) in [6.07, 6.45) is 3.47. The number of rotatable bonds is 4. The van der Waals surface area contributed by atoms with E-state index in [1.54, 1.807) is 6.33 Å². The topological polar surface area (TPSA) is 34.0 Å². The third-order valence-electron chi connectivity index (χ3n) is 5.04. The Hall–Kier alpha value is -3.92. The first-order valence-electron chi connectivity index (χ1n) is 9.60. The van der Waals surface area contributed by atoms with Crippen molar-refractivity contribution in [3.8, 4) is 5.69 Å². The maximum Gasteiger partial charge on any atom is 0.148 e. The Labute approximate surface area is 169 Å². The molecule has 0 spiro atoms. The quantitative estimate of drug-likeness (QED) is 0.374. The van der Waals surface area contributed by atoms with Crippen LogP contribution in [0.1, 0.15) is 5.69 Å². The first kappa shape index (κ1) is 17.2. The molecule has 4 heteroatoms. The van der Waals surface area contributed by atoms with Crippen LogP contribution in [-0.2, 0) is 0 Å². The Morgan fingerprint density at radius 1 is 0.759 bits per heavy atom. The molecule has 0 aliphatic heterocycles. The van der Waals surface area contributed by atoms with Crippen molar-refractivity contribution in [2.45, 2.75) is 6.92 Å². The highest BCUT2D eigenvalue weighted by molar-refractivity contribution is 5.85. The molecule has 0 aliphatic rings. The summed E-state index contributed by atoms with van der Waals surface area (Å²) in [5.41, 5.74) is 6.40. The summed E-state index contributed by atoms with van der Waals surface area (Å²) >= 11 is 0. The summed E-state index contributed by atoms with van der Waals surface area (Å²) in [6.45, 7) is 2.10. The maximum atomic E-state index is 4.56. The van der Waals surface area contributed by atoms with E-state index in [0.29, 0.717) is 0 Å². The van der Waals surface area contributed by atoms with E-state index in [1.807, 2.05) is 18.3 Å². The molecule has 0 bridgehead atoms. The van der Waals surface area contributed by atoms with Crippen molar-refractivity contribution >= 4 is 28.1 Å². The van der Waals surface area contributed by atoms with E-state index in [9.17, 15) is 0 Å². The van der Waals surface area contributed by atoms with Gasteiger partial charge in [0.2, 0.25) is 0 Å². The third kappa shape index (κ3) is 3.05. The van der Waals surface area contributed by atoms with Crippen LogP contribution in [0.5, 0.6) is 0 Å². The smallest absolute Gasteiger partial charge is 0.148 e. The number of hydrogen-bond acceptors (Lipinski definition) is 3. The summed E-state index contributed by atoms with van der Waals surface area (Å²) in [7, 11) is 0. The van der Waals surface area contributed by atoms with Crippen molar-refractivity contribution in [1.82, 2.24) is 14.5 Å². The molecule has 3 aromatic carbocycles. The van der Waals surface area contributed by atoms with Gasteiger partial charge in [0.15, 0.2) is 0 Å². The average Bonchev–Trinajstić information content (AvgIpc) is 3.11. The lowest BCUT2D eigenvalue weighted by atomic mass is 10.1. The van der Waals surface area contributed by atoms with E-state index in [1.165, 1.54) is 0 Å². The van der Waals surface area contributed by atoms with Gasteiger partial charge in [-0.15, -0.1) is 0 Å². The fraction of sp³-hybridized carbons (Fsp3) is 0.0400. The zero-order chi connectivity index (χ0) is 19.6. The number of benzene rings is 3. The molecular weight excluding hydrogens is 356 g/mol. The van der Waals surface area contributed by atoms with Gasteiger partial charge in [0.05, 0.1) is 11.4 Å². The fourth-order valence-corrected chi connectivity index (χ4v) is 3.81. The first-order chi connectivity index (χ1) is 14.3. The standard InChI is InChI=1S/C25H20N4/c1-19-16-20-17-26-18-27-25(20)28(19)23-14-8-9-15-24(23)29(21-10-4-2-5-11-21)22-12-6-3-7-13-22/h2-18H,1H3. The molecule has 29 heavy (non-hydrogen) atoms. The largest absolute Gasteiger partial charge is 0.308 e. The van der Waals surface area contributed by atoms with E-state index in [2.05, 4.69) is 105 Å². The average molecular weight is 376 g/mol. The van der Waals surface area contributed by atoms with E-state index >= 15 is 0 Å². The second-order valence-electron chi connectivity index (χ2n) is 6.92. The molecule has 4 nitrogen and oxygen atoms in total. The molecular formula is C25H20N4. The molecule has 0 aliphatic carbocycles. The molecule has 5 aromatic rings. The van der Waals surface area contributed by atoms with Crippen LogP contribution in [0.25, 0.3) is 16.7 Å². The number of fused-ring (bicyclic) bond motifs is 1. The highest BCUT2D eigenvalue weighted by atomic mass is 15.2. The van der Waals surface area contributed by atoms with Crippen LogP contribution in [0, 0.1) is 6.92 Å². The molecule has 2 aromatic heterocycles. The van der Waals surface area contributed by atoms with Crippen molar-refractivity contribution in [2.75, 3.05) is 4.90 Å². The second kappa shape index (κ2) is 7.24. The van der Waals surface area contributed by atoms with Crippen molar-refractivity contribution < 1.29 is 0 Å². The van der Waals surface area contributed by atoms with Gasteiger partial charge in [0, 0.05) is 28.7 Å². The minimum Gasteiger partial charge on any atom is -0.308 e. The van der Waals surface area contributed by atoms with Gasteiger partial charge in [-0.2, -0.15) is 0 Å². The van der Waals surface area contributed by atoms with Crippen molar-refractivity contribution in [1.29, 1.82) is 0 Å². The summed E-state index contributed by atoms with van der Waals surface area (Å²) in [5.74, 6) is 0. The van der Waals surface area contributed by atoms with Crippen molar-refractivity contribution in [3.63, 3.8) is 0 Å². The molecule has 0 amide bonds. The number of aromatic nitrogens is 3. The highest BCUT2D eigenvalue weighted by Crippen LogP contribution is 2.39. The van der Waals surface area contributed by atoms with Gasteiger partial charge in [0.1, 0.15) is 12.0 Å². The molecule has 5 rings (SSSR count). The first-order valence-corrected chi connectivity index (χ1v) is 9.60. The normalized spacial score (nSPS) is 10.9. The zero-order valence-corrected chi connectivity index (χ0v) is 16.1. The molecule has 0 atom stereocenters. The summed E-state index contributed by atoms with van der Waals surface area (Å²) in [5, 5.41) is 1.03. The monoisotopic (exact) mass is 376 g/mol. The summed E-state index contributed by atoms with van der Waals surface area (Å²) < 4.78 is 2.20. The molecule has 2 heterocycles. The second-order valence-corrected chi connectivity index (χ2v) is 6.92. The number of anilines is 3. The lowest BCUT2D eigenvalue weighted by Crippen LogP contribution is -2.13. The van der Waals surface area contributed by atoms with E-state index < -0.39 is 0 Å². The molecule has 0 N–H and O–H groups in total. The summed E-state index contributed by atoms with van der Waals surface area (Å²) in [4.78, 5) is 11.0. The molecule has 0 saturated carbocycles. The number of para-hydroxylation sites is 4. The molecule has 140 valence electrons. The van der Waals surface area contributed by atoms with Crippen LogP contribution in [0.2, 0.25) is 0 Å². The van der Waals surface area contributed by atoms with E-state index in [4.69, 9.17) is 0 Å². The Balaban J connectivity index is 1.78. The van der Waals surface area contributed by atoms with Crippen molar-refractivity contribution in [2.24, 2.45) is 0 Å². The number of hydrogen-bond donors (Lipinski definition) is 0. The van der Waals surface area contributed by atoms with Gasteiger partial charge in [0.25, 0.3) is 0 Å². The fourth-order valence-electron chi connectivity index (χ4n) is 3.81. The minimum atomic E-state index is 0.908. The van der Waals surface area contributed by atoms with Gasteiger partial charge >= 0.3 is 0 Å². The number of aryl methyl sites for hydroxylation is 1. The maximum absolute atomic E-state index is 4.56. The predicted octanol–water partition coefficient (Wildman–Crippen LogP) is 6.20. The van der Waals surface area contributed by atoms with Crippen LogP contribution < -0.4 is 4.90 Å². The predicted molar refractivity (Wildman–Crippen MR) is 118 cm³/mol. The number of nitrogens with zero attached hydrogens (tertiary/aromatic N) is 4. The van der Waals surface area contributed by atoms with Crippen LogP contribution in [0.15, 0.2) is 104 Å². The van der Waals surface area contributed by atoms with Crippen LogP contribution in [0.4, 0.5) is 17.1 Å². The van der Waals surface area contributed by atoms with Crippen molar-refractivity contribution in [3.05, 3.63) is 109 Å². The lowest BCUT2D eigenvalue weighted by molar-refractivity contribution is 1.02. The van der Waals surface area contributed by atoms with Crippen LogP contribution in [0.3, 0.4) is 0 Å². The van der Waals surface area contributed by atoms with Gasteiger partial charge in [-0.1, -0.05) is 48.5 Å². The third-order valence-corrected chi connectivity index (χ3v) is 5.04. The van der Waals surface area contributed by atoms with E-state index in [-0.39, 0.29) is 0 Å². The Bertz CT molecular complexity index is 1220. The Kier molecular flexibility index (Phi) is 4.30. The summed E-state index contributed by atoms with van der Waals surface area (Å²) in [6, 6.07) is 31.4. The van der Waals surface area contributed by atoms with E-state index in [0.717, 1.165) is 39.5 Å². The van der Waals surface area contributed by atoms with Crippen LogP contribution in [-0.4, -0.2) is 14.5 Å². The van der Waals surface area contributed by atoms with Gasteiger partial charge in [-0.05, 0) is 49.4 Å². The highest BCUT2D eigenvalue weighted by Gasteiger charge is 2.18. The lowest BCUT2D eigenvalue weighted by Gasteiger charge is -2.28. The SMILES string of the molecule is Cc1cc2cncnc2n1-c1ccccc1N(c1ccccc1)c1ccccc1. The molecule has 0 radical (unpaired) electrons. The molecule has 0 unspecified atom stereocenters. The van der Waals surface area contributed by atoms with Gasteiger partial charge < -0.3 is 4.90 Å². The minimum absolute atomic E-state index is 0.908. The zero-order valence-electron chi connectivity index (χ0n) is 16.1. The molecule has 0 saturated heterocycles. The Morgan fingerprint density at radius 2 is 1.38 bits per heavy atom. The molecule has 0 fully saturated rings. The van der Waals surface area contributed by atoms with Crippen LogP contribution >= 0.6 is 0 Å². The Morgan fingerprint density at radius 3 is 2.07 bits per heavy atom. The van der Waals surface area contributed by atoms with Gasteiger partial charge in [-0.25, -0.2) is 9.97 Å². The van der Waals surface area contributed by atoms with Gasteiger partial charge in [-0.3, -0.25) is 4.57 Å².